The van der Waals surface area contributed by atoms with Crippen LogP contribution in [0.2, 0.25) is 0 Å². The van der Waals surface area contributed by atoms with Gasteiger partial charge in [0.05, 0.1) is 30.3 Å². The minimum Gasteiger partial charge on any atom is -0.379 e. The van der Waals surface area contributed by atoms with E-state index in [0.717, 1.165) is 62.0 Å². The van der Waals surface area contributed by atoms with Crippen molar-refractivity contribution in [3.05, 3.63) is 41.2 Å². The number of aromatic amines is 1. The van der Waals surface area contributed by atoms with E-state index in [4.69, 9.17) is 4.74 Å². The predicted molar refractivity (Wildman–Crippen MR) is 98.1 cm³/mol. The summed E-state index contributed by atoms with van der Waals surface area (Å²) in [5.74, 6) is 0. The molecule has 1 aromatic heterocycles. The van der Waals surface area contributed by atoms with Crippen molar-refractivity contribution in [2.75, 3.05) is 43.5 Å². The summed E-state index contributed by atoms with van der Waals surface area (Å²) in [4.78, 5) is 14.5. The molecule has 0 spiro atoms. The average Bonchev–Trinajstić information content (AvgIpc) is 2.94. The number of amides is 2. The normalized spacial score (nSPS) is 15.1. The lowest BCUT2D eigenvalue weighted by Gasteiger charge is -2.26. The zero-order valence-corrected chi connectivity index (χ0v) is 14.8. The Labute approximate surface area is 147 Å². The quantitative estimate of drug-likeness (QED) is 0.779. The lowest BCUT2D eigenvalue weighted by atomic mass is 10.1. The number of anilines is 2. The molecule has 7 heteroatoms. The number of nitrogens with zero attached hydrogens (tertiary/aromatic N) is 2. The molecule has 25 heavy (non-hydrogen) atoms. The smallest absolute Gasteiger partial charge is 0.323 e. The monoisotopic (exact) mass is 343 g/mol. The van der Waals surface area contributed by atoms with Crippen molar-refractivity contribution in [2.24, 2.45) is 0 Å². The van der Waals surface area contributed by atoms with Crippen LogP contribution >= 0.6 is 0 Å². The molecular weight excluding hydrogens is 318 g/mol. The van der Waals surface area contributed by atoms with E-state index in [2.05, 4.69) is 37.9 Å². The highest BCUT2D eigenvalue weighted by Gasteiger charge is 2.11. The Bertz CT molecular complexity index is 685. The van der Waals surface area contributed by atoms with Gasteiger partial charge in [-0.1, -0.05) is 12.1 Å². The van der Waals surface area contributed by atoms with Gasteiger partial charge >= 0.3 is 6.03 Å². The standard InChI is InChI=1S/C18H25N5O2/c1-13-17(14(2)22-21-13)20-18(24)19-16-5-3-15(4-6-16)7-8-23-9-11-25-12-10-23/h3-6H,7-12H2,1-2H3,(H,21,22)(H2,19,20,24). The number of hydrogen-bond donors (Lipinski definition) is 3. The molecule has 2 heterocycles. The molecular formula is C18H25N5O2. The second-order valence-electron chi connectivity index (χ2n) is 6.29. The van der Waals surface area contributed by atoms with Gasteiger partial charge in [0.1, 0.15) is 0 Å². The van der Waals surface area contributed by atoms with E-state index in [0.29, 0.717) is 0 Å². The summed E-state index contributed by atoms with van der Waals surface area (Å²) in [7, 11) is 0. The van der Waals surface area contributed by atoms with E-state index < -0.39 is 0 Å². The number of aromatic nitrogens is 2. The van der Waals surface area contributed by atoms with Crippen LogP contribution in [0.4, 0.5) is 16.2 Å². The highest BCUT2D eigenvalue weighted by Crippen LogP contribution is 2.17. The van der Waals surface area contributed by atoms with Crippen molar-refractivity contribution in [2.45, 2.75) is 20.3 Å². The molecule has 2 amide bonds. The van der Waals surface area contributed by atoms with Gasteiger partial charge in [-0.2, -0.15) is 5.10 Å². The van der Waals surface area contributed by atoms with Gasteiger partial charge in [0.25, 0.3) is 0 Å². The first-order valence-electron chi connectivity index (χ1n) is 8.60. The van der Waals surface area contributed by atoms with E-state index in [1.807, 2.05) is 26.0 Å². The molecule has 2 aromatic rings. The van der Waals surface area contributed by atoms with Crippen LogP contribution in [-0.4, -0.2) is 54.0 Å². The van der Waals surface area contributed by atoms with Crippen molar-refractivity contribution in [1.29, 1.82) is 0 Å². The highest BCUT2D eigenvalue weighted by atomic mass is 16.5. The molecule has 0 atom stereocenters. The van der Waals surface area contributed by atoms with E-state index >= 15 is 0 Å². The van der Waals surface area contributed by atoms with Crippen LogP contribution in [0, 0.1) is 13.8 Å². The molecule has 1 aliphatic heterocycles. The lowest BCUT2D eigenvalue weighted by Crippen LogP contribution is -2.37. The number of H-pyrrole nitrogens is 1. The van der Waals surface area contributed by atoms with Gasteiger partial charge < -0.3 is 15.4 Å². The van der Waals surface area contributed by atoms with Crippen LogP contribution in [0.15, 0.2) is 24.3 Å². The fourth-order valence-corrected chi connectivity index (χ4v) is 2.88. The molecule has 0 unspecified atom stereocenters. The van der Waals surface area contributed by atoms with Gasteiger partial charge in [0.15, 0.2) is 0 Å². The number of carbonyl (C=O) groups is 1. The molecule has 7 nitrogen and oxygen atoms in total. The maximum absolute atomic E-state index is 12.1. The van der Waals surface area contributed by atoms with Crippen LogP contribution in [0.3, 0.4) is 0 Å². The number of urea groups is 1. The Balaban J connectivity index is 1.49. The fraction of sp³-hybridized carbons (Fsp3) is 0.444. The molecule has 0 saturated carbocycles. The minimum atomic E-state index is -0.270. The van der Waals surface area contributed by atoms with Gasteiger partial charge in [0.2, 0.25) is 0 Å². The Kier molecular flexibility index (Phi) is 5.67. The average molecular weight is 343 g/mol. The largest absolute Gasteiger partial charge is 0.379 e. The summed E-state index contributed by atoms with van der Waals surface area (Å²) in [6, 6.07) is 7.72. The Morgan fingerprint density at radius 2 is 1.92 bits per heavy atom. The van der Waals surface area contributed by atoms with Gasteiger partial charge in [-0.3, -0.25) is 10.00 Å². The molecule has 0 bridgehead atoms. The maximum atomic E-state index is 12.1. The number of hydrogen-bond acceptors (Lipinski definition) is 4. The molecule has 0 radical (unpaired) electrons. The lowest BCUT2D eigenvalue weighted by molar-refractivity contribution is 0.0384. The third kappa shape index (κ3) is 4.80. The molecule has 134 valence electrons. The number of benzene rings is 1. The van der Waals surface area contributed by atoms with Crippen molar-refractivity contribution in [3.8, 4) is 0 Å². The number of rotatable bonds is 5. The zero-order valence-electron chi connectivity index (χ0n) is 14.8. The number of aryl methyl sites for hydroxylation is 2. The Morgan fingerprint density at radius 3 is 2.56 bits per heavy atom. The van der Waals surface area contributed by atoms with Crippen molar-refractivity contribution in [3.63, 3.8) is 0 Å². The molecule has 1 aromatic carbocycles. The zero-order chi connectivity index (χ0) is 17.6. The van der Waals surface area contributed by atoms with Crippen LogP contribution in [0.5, 0.6) is 0 Å². The molecule has 1 fully saturated rings. The maximum Gasteiger partial charge on any atom is 0.323 e. The second kappa shape index (κ2) is 8.13. The molecule has 0 aliphatic carbocycles. The number of carbonyl (C=O) groups excluding carboxylic acids is 1. The Morgan fingerprint density at radius 1 is 1.20 bits per heavy atom. The second-order valence-corrected chi connectivity index (χ2v) is 6.29. The van der Waals surface area contributed by atoms with E-state index in [9.17, 15) is 4.79 Å². The van der Waals surface area contributed by atoms with Crippen LogP contribution in [-0.2, 0) is 11.2 Å². The topological polar surface area (TPSA) is 82.3 Å². The van der Waals surface area contributed by atoms with Crippen LogP contribution < -0.4 is 10.6 Å². The number of ether oxygens (including phenoxy) is 1. The predicted octanol–water partition coefficient (Wildman–Crippen LogP) is 2.55. The summed E-state index contributed by atoms with van der Waals surface area (Å²) in [5, 5.41) is 12.6. The summed E-state index contributed by atoms with van der Waals surface area (Å²) in [5.41, 5.74) is 4.36. The third-order valence-corrected chi connectivity index (χ3v) is 4.40. The van der Waals surface area contributed by atoms with Gasteiger partial charge in [0, 0.05) is 25.3 Å². The van der Waals surface area contributed by atoms with E-state index in [1.54, 1.807) is 0 Å². The van der Waals surface area contributed by atoms with Gasteiger partial charge in [-0.15, -0.1) is 0 Å². The fourth-order valence-electron chi connectivity index (χ4n) is 2.88. The molecule has 3 rings (SSSR count). The first kappa shape index (κ1) is 17.4. The molecule has 1 saturated heterocycles. The first-order chi connectivity index (χ1) is 12.1. The minimum absolute atomic E-state index is 0.270. The Hall–Kier alpha value is -2.38. The van der Waals surface area contributed by atoms with Gasteiger partial charge in [-0.25, -0.2) is 4.79 Å². The SMILES string of the molecule is Cc1n[nH]c(C)c1NC(=O)Nc1ccc(CCN2CCOCC2)cc1. The number of nitrogens with one attached hydrogen (secondary N) is 3. The summed E-state index contributed by atoms with van der Waals surface area (Å²) < 4.78 is 5.36. The molecule has 1 aliphatic rings. The van der Waals surface area contributed by atoms with E-state index in [1.165, 1.54) is 5.56 Å². The molecule has 3 N–H and O–H groups in total. The van der Waals surface area contributed by atoms with Gasteiger partial charge in [-0.05, 0) is 38.0 Å². The summed E-state index contributed by atoms with van der Waals surface area (Å²) >= 11 is 0. The number of morpholine rings is 1. The van der Waals surface area contributed by atoms with Crippen molar-refractivity contribution < 1.29 is 9.53 Å². The third-order valence-electron chi connectivity index (χ3n) is 4.40. The van der Waals surface area contributed by atoms with Crippen LogP contribution in [0.25, 0.3) is 0 Å². The summed E-state index contributed by atoms with van der Waals surface area (Å²) in [6.07, 6.45) is 1.000. The highest BCUT2D eigenvalue weighted by molar-refractivity contribution is 6.00. The van der Waals surface area contributed by atoms with E-state index in [-0.39, 0.29) is 6.03 Å². The first-order valence-corrected chi connectivity index (χ1v) is 8.60. The van der Waals surface area contributed by atoms with Crippen LogP contribution in [0.1, 0.15) is 17.0 Å². The summed E-state index contributed by atoms with van der Waals surface area (Å²) in [6.45, 7) is 8.43. The van der Waals surface area contributed by atoms with Crippen molar-refractivity contribution in [1.82, 2.24) is 15.1 Å². The van der Waals surface area contributed by atoms with Crippen molar-refractivity contribution >= 4 is 17.4 Å².